The topological polar surface area (TPSA) is 50.4 Å². The summed E-state index contributed by atoms with van der Waals surface area (Å²) in [5.74, 6) is 1.06. The zero-order valence-corrected chi connectivity index (χ0v) is 18.7. The third-order valence-corrected chi connectivity index (χ3v) is 6.43. The highest BCUT2D eigenvalue weighted by molar-refractivity contribution is 6.30. The lowest BCUT2D eigenvalue weighted by atomic mass is 9.78. The Labute approximate surface area is 193 Å². The molecule has 32 heavy (non-hydrogen) atoms. The average molecular weight is 445 g/mol. The monoisotopic (exact) mass is 444 g/mol. The predicted octanol–water partition coefficient (Wildman–Crippen LogP) is 6.72. The maximum absolute atomic E-state index is 13.6. The largest absolute Gasteiger partial charge is 0.494 e. The fourth-order valence-corrected chi connectivity index (χ4v) is 4.83. The third kappa shape index (κ3) is 3.87. The smallest absolute Gasteiger partial charge is 0.163 e. The molecule has 1 aliphatic carbocycles. The molecule has 0 saturated carbocycles. The second kappa shape index (κ2) is 8.71. The van der Waals surface area contributed by atoms with Crippen molar-refractivity contribution >= 4 is 28.8 Å². The normalized spacial score (nSPS) is 19.9. The van der Waals surface area contributed by atoms with Gasteiger partial charge in [0.2, 0.25) is 0 Å². The second-order valence-corrected chi connectivity index (χ2v) is 8.63. The number of fused-ring (bicyclic) bond motifs is 1. The molecule has 1 aliphatic heterocycles. The number of Topliss-reactive ketones (excluding diaryl/α,β-unsaturated/α-hetero) is 1. The van der Waals surface area contributed by atoms with Crippen LogP contribution in [0.25, 0.3) is 0 Å². The van der Waals surface area contributed by atoms with Crippen molar-refractivity contribution in [2.45, 2.75) is 31.7 Å². The van der Waals surface area contributed by atoms with Crippen LogP contribution in [0.15, 0.2) is 84.1 Å². The molecule has 2 atom stereocenters. The summed E-state index contributed by atoms with van der Waals surface area (Å²) in [6.45, 7) is 2.54. The van der Waals surface area contributed by atoms with Crippen LogP contribution in [0.1, 0.15) is 42.9 Å². The summed E-state index contributed by atoms with van der Waals surface area (Å²) in [7, 11) is 0. The molecular formula is C27H25ClN2O2. The van der Waals surface area contributed by atoms with Crippen molar-refractivity contribution < 1.29 is 9.53 Å². The Morgan fingerprint density at radius 1 is 0.938 bits per heavy atom. The van der Waals surface area contributed by atoms with Gasteiger partial charge in [-0.1, -0.05) is 54.1 Å². The maximum atomic E-state index is 13.6. The molecule has 2 N–H and O–H groups in total. The van der Waals surface area contributed by atoms with Crippen molar-refractivity contribution in [2.24, 2.45) is 0 Å². The molecule has 0 amide bonds. The van der Waals surface area contributed by atoms with Gasteiger partial charge in [-0.3, -0.25) is 4.79 Å². The number of hydrogen-bond acceptors (Lipinski definition) is 4. The summed E-state index contributed by atoms with van der Waals surface area (Å²) in [4.78, 5) is 13.6. The van der Waals surface area contributed by atoms with E-state index in [1.54, 1.807) is 0 Å². The molecule has 0 aromatic heterocycles. The van der Waals surface area contributed by atoms with Gasteiger partial charge in [0.1, 0.15) is 5.75 Å². The Balaban J connectivity index is 1.62. The Bertz CT molecular complexity index is 1190. The fraction of sp³-hybridized carbons (Fsp3) is 0.222. The number of anilines is 2. The SMILES string of the molecule is CCOc1ccccc1[C@@H]1Nc2ccccc2NC2=C1C(=O)C[C@@H](c1ccc(Cl)cc1)C2. The van der Waals surface area contributed by atoms with Crippen LogP contribution in [0.4, 0.5) is 11.4 Å². The number of nitrogens with one attached hydrogen (secondary N) is 2. The maximum Gasteiger partial charge on any atom is 0.163 e. The van der Waals surface area contributed by atoms with Gasteiger partial charge in [-0.15, -0.1) is 0 Å². The molecule has 0 radical (unpaired) electrons. The van der Waals surface area contributed by atoms with Crippen molar-refractivity contribution in [3.05, 3.63) is 100 Å². The van der Waals surface area contributed by atoms with Crippen molar-refractivity contribution in [1.29, 1.82) is 0 Å². The molecule has 162 valence electrons. The number of carbonyl (C=O) groups is 1. The molecule has 4 nitrogen and oxygen atoms in total. The summed E-state index contributed by atoms with van der Waals surface area (Å²) < 4.78 is 5.93. The minimum absolute atomic E-state index is 0.110. The van der Waals surface area contributed by atoms with E-state index in [1.165, 1.54) is 0 Å². The van der Waals surface area contributed by atoms with E-state index in [1.807, 2.05) is 79.7 Å². The highest BCUT2D eigenvalue weighted by atomic mass is 35.5. The molecule has 0 spiro atoms. The van der Waals surface area contributed by atoms with Crippen LogP contribution in [0.2, 0.25) is 5.02 Å². The van der Waals surface area contributed by atoms with Gasteiger partial charge in [-0.2, -0.15) is 0 Å². The minimum atomic E-state index is -0.289. The van der Waals surface area contributed by atoms with Gasteiger partial charge in [-0.05, 0) is 55.2 Å². The number of ketones is 1. The predicted molar refractivity (Wildman–Crippen MR) is 129 cm³/mol. The van der Waals surface area contributed by atoms with Gasteiger partial charge >= 0.3 is 0 Å². The van der Waals surface area contributed by atoms with Crippen LogP contribution in [0.3, 0.4) is 0 Å². The van der Waals surface area contributed by atoms with E-state index in [9.17, 15) is 4.79 Å². The zero-order chi connectivity index (χ0) is 22.1. The Morgan fingerprint density at radius 2 is 1.66 bits per heavy atom. The third-order valence-electron chi connectivity index (χ3n) is 6.18. The Hall–Kier alpha value is -3.24. The minimum Gasteiger partial charge on any atom is -0.494 e. The lowest BCUT2D eigenvalue weighted by Crippen LogP contribution is -2.27. The van der Waals surface area contributed by atoms with Crippen molar-refractivity contribution in [3.8, 4) is 5.75 Å². The molecule has 5 rings (SSSR count). The van der Waals surface area contributed by atoms with E-state index >= 15 is 0 Å². The number of allylic oxidation sites excluding steroid dienone is 1. The number of carbonyl (C=O) groups excluding carboxylic acids is 1. The first-order valence-electron chi connectivity index (χ1n) is 11.0. The van der Waals surface area contributed by atoms with E-state index in [0.717, 1.165) is 45.9 Å². The standard InChI is InChI=1S/C27H25ClN2O2/c1-2-32-25-10-6-3-7-20(25)27-26-23(29-21-8-4-5-9-22(21)30-27)15-18(16-24(26)31)17-11-13-19(28)14-12-17/h3-14,18,27,29-30H,2,15-16H2,1H3/t18-,27-/m0/s1. The molecule has 0 fully saturated rings. The molecule has 2 aliphatic rings. The summed E-state index contributed by atoms with van der Waals surface area (Å²) >= 11 is 6.09. The van der Waals surface area contributed by atoms with E-state index < -0.39 is 0 Å². The molecule has 1 heterocycles. The van der Waals surface area contributed by atoms with Crippen LogP contribution >= 0.6 is 11.6 Å². The number of para-hydroxylation sites is 3. The number of rotatable bonds is 4. The first-order valence-corrected chi connectivity index (χ1v) is 11.4. The first kappa shape index (κ1) is 20.7. The highest BCUT2D eigenvalue weighted by Crippen LogP contribution is 2.45. The molecule has 0 bridgehead atoms. The number of benzene rings is 3. The van der Waals surface area contributed by atoms with Crippen molar-refractivity contribution in [1.82, 2.24) is 0 Å². The molecule has 0 saturated heterocycles. The lowest BCUT2D eigenvalue weighted by molar-refractivity contribution is -0.116. The lowest BCUT2D eigenvalue weighted by Gasteiger charge is -2.30. The van der Waals surface area contributed by atoms with E-state index in [0.29, 0.717) is 18.1 Å². The Morgan fingerprint density at radius 3 is 2.44 bits per heavy atom. The summed E-state index contributed by atoms with van der Waals surface area (Å²) in [6, 6.07) is 23.6. The Kier molecular flexibility index (Phi) is 5.62. The molecule has 0 unspecified atom stereocenters. The number of hydrogen-bond donors (Lipinski definition) is 2. The van der Waals surface area contributed by atoms with Gasteiger partial charge in [0.25, 0.3) is 0 Å². The van der Waals surface area contributed by atoms with E-state index in [4.69, 9.17) is 16.3 Å². The second-order valence-electron chi connectivity index (χ2n) is 8.19. The van der Waals surface area contributed by atoms with Crippen molar-refractivity contribution in [3.63, 3.8) is 0 Å². The van der Waals surface area contributed by atoms with Crippen LogP contribution in [0.5, 0.6) is 5.75 Å². The van der Waals surface area contributed by atoms with Gasteiger partial charge < -0.3 is 15.4 Å². The number of halogens is 1. The van der Waals surface area contributed by atoms with Gasteiger partial charge in [0.05, 0.1) is 24.0 Å². The first-order chi connectivity index (χ1) is 15.6. The van der Waals surface area contributed by atoms with E-state index in [-0.39, 0.29) is 17.7 Å². The summed E-state index contributed by atoms with van der Waals surface area (Å²) in [5.41, 5.74) is 5.80. The fourth-order valence-electron chi connectivity index (χ4n) is 4.70. The number of ether oxygens (including phenoxy) is 1. The van der Waals surface area contributed by atoms with E-state index in [2.05, 4.69) is 10.6 Å². The molecule has 5 heteroatoms. The van der Waals surface area contributed by atoms with Crippen LogP contribution < -0.4 is 15.4 Å². The average Bonchev–Trinajstić information content (AvgIpc) is 2.97. The molecule has 3 aromatic rings. The molecule has 3 aromatic carbocycles. The van der Waals surface area contributed by atoms with Gasteiger partial charge in [-0.25, -0.2) is 0 Å². The summed E-state index contributed by atoms with van der Waals surface area (Å²) in [6.07, 6.45) is 1.22. The van der Waals surface area contributed by atoms with Crippen molar-refractivity contribution in [2.75, 3.05) is 17.2 Å². The molecular weight excluding hydrogens is 420 g/mol. The van der Waals surface area contributed by atoms with Crippen LogP contribution in [-0.2, 0) is 4.79 Å². The van der Waals surface area contributed by atoms with Crippen LogP contribution in [-0.4, -0.2) is 12.4 Å². The zero-order valence-electron chi connectivity index (χ0n) is 17.9. The quantitative estimate of drug-likeness (QED) is 0.469. The highest BCUT2D eigenvalue weighted by Gasteiger charge is 2.37. The van der Waals surface area contributed by atoms with Gasteiger partial charge in [0, 0.05) is 28.3 Å². The van der Waals surface area contributed by atoms with Crippen LogP contribution in [0, 0.1) is 0 Å². The van der Waals surface area contributed by atoms with Gasteiger partial charge in [0.15, 0.2) is 5.78 Å². The summed E-state index contributed by atoms with van der Waals surface area (Å²) in [5, 5.41) is 7.91.